The molecule has 1 aromatic rings. The first kappa shape index (κ1) is 14.4. The lowest BCUT2D eigenvalue weighted by molar-refractivity contribution is -0.131. The summed E-state index contributed by atoms with van der Waals surface area (Å²) < 4.78 is 0. The summed E-state index contributed by atoms with van der Waals surface area (Å²) in [6, 6.07) is 6.00. The summed E-state index contributed by atoms with van der Waals surface area (Å²) in [5.41, 5.74) is 2.19. The van der Waals surface area contributed by atoms with Crippen LogP contribution in [-0.2, 0) is 11.3 Å². The van der Waals surface area contributed by atoms with Crippen LogP contribution < -0.4 is 5.32 Å². The minimum atomic E-state index is 0.206. The van der Waals surface area contributed by atoms with Gasteiger partial charge in [-0.1, -0.05) is 23.7 Å². The maximum Gasteiger partial charge on any atom is 0.236 e. The Hall–Kier alpha value is -1.06. The average molecular weight is 281 g/mol. The van der Waals surface area contributed by atoms with Crippen LogP contribution in [0.4, 0.5) is 0 Å². The van der Waals surface area contributed by atoms with Crippen LogP contribution in [0, 0.1) is 6.92 Å². The highest BCUT2D eigenvalue weighted by Gasteiger charge is 2.15. The molecule has 1 aliphatic heterocycles. The Kier molecular flexibility index (Phi) is 5.23. The fourth-order valence-corrected chi connectivity index (χ4v) is 2.52. The lowest BCUT2D eigenvalue weighted by Crippen LogP contribution is -2.40. The van der Waals surface area contributed by atoms with E-state index in [1.807, 2.05) is 30.0 Å². The van der Waals surface area contributed by atoms with Crippen LogP contribution in [0.25, 0.3) is 0 Å². The highest BCUT2D eigenvalue weighted by atomic mass is 35.5. The number of nitrogens with one attached hydrogen (secondary N) is 1. The Morgan fingerprint density at radius 2 is 2.05 bits per heavy atom. The van der Waals surface area contributed by atoms with E-state index in [4.69, 9.17) is 11.6 Å². The van der Waals surface area contributed by atoms with Crippen LogP contribution in [0.15, 0.2) is 18.2 Å². The van der Waals surface area contributed by atoms with Gasteiger partial charge in [0.25, 0.3) is 0 Å². The molecule has 3 nitrogen and oxygen atoms in total. The van der Waals surface area contributed by atoms with Crippen molar-refractivity contribution >= 4 is 17.5 Å². The fraction of sp³-hybridized carbons (Fsp3) is 0.533. The third-order valence-corrected chi connectivity index (χ3v) is 3.96. The number of hydrogen-bond acceptors (Lipinski definition) is 2. The first-order valence-electron chi connectivity index (χ1n) is 6.90. The Morgan fingerprint density at radius 3 is 2.74 bits per heavy atom. The molecule has 0 saturated carbocycles. The summed E-state index contributed by atoms with van der Waals surface area (Å²) >= 11 is 6.07. The largest absolute Gasteiger partial charge is 0.342 e. The zero-order valence-corrected chi connectivity index (χ0v) is 12.2. The van der Waals surface area contributed by atoms with E-state index in [2.05, 4.69) is 5.32 Å². The molecule has 1 fully saturated rings. The Balaban J connectivity index is 1.76. The summed E-state index contributed by atoms with van der Waals surface area (Å²) in [7, 11) is 0. The molecule has 1 N–H and O–H groups in total. The van der Waals surface area contributed by atoms with Crippen LogP contribution in [0.3, 0.4) is 0 Å². The molecule has 0 aromatic heterocycles. The number of halogens is 1. The monoisotopic (exact) mass is 280 g/mol. The summed E-state index contributed by atoms with van der Waals surface area (Å²) in [6.45, 7) is 4.90. The third-order valence-electron chi connectivity index (χ3n) is 3.55. The quantitative estimate of drug-likeness (QED) is 0.920. The van der Waals surface area contributed by atoms with E-state index in [1.54, 1.807) is 0 Å². The van der Waals surface area contributed by atoms with Gasteiger partial charge in [0.05, 0.1) is 6.54 Å². The maximum absolute atomic E-state index is 11.9. The molecule has 0 radical (unpaired) electrons. The Morgan fingerprint density at radius 1 is 1.32 bits per heavy atom. The molecule has 4 heteroatoms. The van der Waals surface area contributed by atoms with Gasteiger partial charge in [0, 0.05) is 24.7 Å². The van der Waals surface area contributed by atoms with Crippen LogP contribution >= 0.6 is 11.6 Å². The molecular formula is C15H21ClN2O. The molecule has 0 aliphatic carbocycles. The molecule has 2 rings (SSSR count). The summed E-state index contributed by atoms with van der Waals surface area (Å²) in [5, 5.41) is 3.97. The number of aryl methyl sites for hydroxylation is 1. The zero-order valence-electron chi connectivity index (χ0n) is 11.4. The molecule has 1 heterocycles. The zero-order chi connectivity index (χ0) is 13.7. The van der Waals surface area contributed by atoms with Crippen molar-refractivity contribution in [2.24, 2.45) is 0 Å². The van der Waals surface area contributed by atoms with Crippen LogP contribution in [-0.4, -0.2) is 30.4 Å². The number of piperidine rings is 1. The molecular weight excluding hydrogens is 260 g/mol. The van der Waals surface area contributed by atoms with Crippen molar-refractivity contribution < 1.29 is 4.79 Å². The van der Waals surface area contributed by atoms with Gasteiger partial charge >= 0.3 is 0 Å². The molecule has 1 amide bonds. The Labute approximate surface area is 119 Å². The van der Waals surface area contributed by atoms with Crippen molar-refractivity contribution in [1.82, 2.24) is 10.2 Å². The summed E-state index contributed by atoms with van der Waals surface area (Å²) in [6.07, 6.45) is 3.53. The van der Waals surface area contributed by atoms with Gasteiger partial charge in [-0.05, 0) is 43.4 Å². The normalized spacial score (nSPS) is 15.6. The van der Waals surface area contributed by atoms with Gasteiger partial charge in [0.15, 0.2) is 0 Å². The number of amides is 1. The van der Waals surface area contributed by atoms with Gasteiger partial charge in [0.2, 0.25) is 5.91 Å². The van der Waals surface area contributed by atoms with Crippen LogP contribution in [0.5, 0.6) is 0 Å². The van der Waals surface area contributed by atoms with E-state index in [0.29, 0.717) is 13.1 Å². The van der Waals surface area contributed by atoms with Crippen molar-refractivity contribution in [3.8, 4) is 0 Å². The van der Waals surface area contributed by atoms with E-state index in [-0.39, 0.29) is 5.91 Å². The topological polar surface area (TPSA) is 32.3 Å². The highest BCUT2D eigenvalue weighted by molar-refractivity contribution is 6.31. The standard InChI is InChI=1S/C15H21ClN2O/c1-12-5-6-13(9-14(12)16)10-17-11-15(19)18-7-3-2-4-8-18/h5-6,9,17H,2-4,7-8,10-11H2,1H3. The fourth-order valence-electron chi connectivity index (χ4n) is 2.32. The van der Waals surface area contributed by atoms with Crippen LogP contribution in [0.2, 0.25) is 5.02 Å². The van der Waals surface area contributed by atoms with Gasteiger partial charge in [0.1, 0.15) is 0 Å². The first-order chi connectivity index (χ1) is 9.16. The summed E-state index contributed by atoms with van der Waals surface area (Å²) in [4.78, 5) is 13.9. The third kappa shape index (κ3) is 4.22. The molecule has 19 heavy (non-hydrogen) atoms. The van der Waals surface area contributed by atoms with E-state index in [0.717, 1.165) is 42.1 Å². The van der Waals surface area contributed by atoms with Gasteiger partial charge in [-0.25, -0.2) is 0 Å². The van der Waals surface area contributed by atoms with Crippen molar-refractivity contribution in [1.29, 1.82) is 0 Å². The number of likely N-dealkylation sites (tertiary alicyclic amines) is 1. The minimum absolute atomic E-state index is 0.206. The van der Waals surface area contributed by atoms with Crippen molar-refractivity contribution in [3.63, 3.8) is 0 Å². The highest BCUT2D eigenvalue weighted by Crippen LogP contribution is 2.16. The van der Waals surface area contributed by atoms with Crippen LogP contribution in [0.1, 0.15) is 30.4 Å². The lowest BCUT2D eigenvalue weighted by Gasteiger charge is -2.26. The molecule has 1 saturated heterocycles. The summed E-state index contributed by atoms with van der Waals surface area (Å²) in [5.74, 6) is 0.206. The SMILES string of the molecule is Cc1ccc(CNCC(=O)N2CCCCC2)cc1Cl. The van der Waals surface area contributed by atoms with Gasteiger partial charge in [-0.15, -0.1) is 0 Å². The number of benzene rings is 1. The first-order valence-corrected chi connectivity index (χ1v) is 7.28. The number of rotatable bonds is 4. The second-order valence-corrected chi connectivity index (χ2v) is 5.54. The molecule has 104 valence electrons. The molecule has 0 bridgehead atoms. The lowest BCUT2D eigenvalue weighted by atomic mass is 10.1. The predicted molar refractivity (Wildman–Crippen MR) is 78.3 cm³/mol. The second-order valence-electron chi connectivity index (χ2n) is 5.13. The van der Waals surface area contributed by atoms with E-state index >= 15 is 0 Å². The van der Waals surface area contributed by atoms with Gasteiger partial charge in [-0.2, -0.15) is 0 Å². The van der Waals surface area contributed by atoms with Crippen molar-refractivity contribution in [2.75, 3.05) is 19.6 Å². The molecule has 0 atom stereocenters. The number of hydrogen-bond donors (Lipinski definition) is 1. The molecule has 0 unspecified atom stereocenters. The maximum atomic E-state index is 11.9. The van der Waals surface area contributed by atoms with Gasteiger partial charge in [-0.3, -0.25) is 4.79 Å². The average Bonchev–Trinajstić information content (AvgIpc) is 2.43. The van der Waals surface area contributed by atoms with Crippen molar-refractivity contribution in [3.05, 3.63) is 34.3 Å². The molecule has 0 spiro atoms. The van der Waals surface area contributed by atoms with E-state index in [9.17, 15) is 4.79 Å². The number of carbonyl (C=O) groups is 1. The Bertz CT molecular complexity index is 442. The predicted octanol–water partition coefficient (Wildman–Crippen LogP) is 2.75. The van der Waals surface area contributed by atoms with Gasteiger partial charge < -0.3 is 10.2 Å². The smallest absolute Gasteiger partial charge is 0.236 e. The van der Waals surface area contributed by atoms with Crippen molar-refractivity contribution in [2.45, 2.75) is 32.7 Å². The number of carbonyl (C=O) groups excluding carboxylic acids is 1. The minimum Gasteiger partial charge on any atom is -0.342 e. The number of nitrogens with zero attached hydrogens (tertiary/aromatic N) is 1. The van der Waals surface area contributed by atoms with E-state index < -0.39 is 0 Å². The second kappa shape index (κ2) is 6.92. The molecule has 1 aromatic carbocycles. The molecule has 1 aliphatic rings. The van der Waals surface area contributed by atoms with E-state index in [1.165, 1.54) is 6.42 Å².